The van der Waals surface area contributed by atoms with E-state index in [1.54, 1.807) is 12.1 Å². The lowest BCUT2D eigenvalue weighted by atomic mass is 10.0. The smallest absolute Gasteiger partial charge is 0.260 e. The second-order valence-electron chi connectivity index (χ2n) is 7.26. The van der Waals surface area contributed by atoms with Gasteiger partial charge in [-0.15, -0.1) is 4.41 Å². The Hall–Kier alpha value is -2.43. The van der Waals surface area contributed by atoms with Gasteiger partial charge in [-0.05, 0) is 43.5 Å². The number of nitrogens with two attached hydrogens (primary N) is 1. The summed E-state index contributed by atoms with van der Waals surface area (Å²) in [6, 6.07) is 6.52. The highest BCUT2D eigenvalue weighted by Crippen LogP contribution is 2.24. The SMILES string of the molecule is Cc1ccc(S(=O)(=O)N2CCCN2C(=O)CC(N)Cc2cc(F)c(F)cc2F)cc1. The molecule has 1 fully saturated rings. The summed E-state index contributed by atoms with van der Waals surface area (Å²) in [4.78, 5) is 12.8. The van der Waals surface area contributed by atoms with E-state index in [1.165, 1.54) is 12.1 Å². The van der Waals surface area contributed by atoms with Gasteiger partial charge < -0.3 is 5.73 Å². The van der Waals surface area contributed by atoms with Crippen LogP contribution < -0.4 is 5.73 Å². The van der Waals surface area contributed by atoms with Gasteiger partial charge in [-0.1, -0.05) is 17.7 Å². The molecule has 0 radical (unpaired) electrons. The Kier molecular flexibility index (Phi) is 6.49. The number of halogens is 3. The van der Waals surface area contributed by atoms with Gasteiger partial charge in [0.2, 0.25) is 5.91 Å². The van der Waals surface area contributed by atoms with E-state index in [2.05, 4.69) is 0 Å². The molecule has 30 heavy (non-hydrogen) atoms. The third-order valence-corrected chi connectivity index (χ3v) is 6.68. The molecule has 0 aromatic heterocycles. The fourth-order valence-corrected chi connectivity index (χ4v) is 4.85. The topological polar surface area (TPSA) is 83.7 Å². The molecular formula is C20H22F3N3O3S. The van der Waals surface area contributed by atoms with Gasteiger partial charge in [-0.3, -0.25) is 9.80 Å². The van der Waals surface area contributed by atoms with Crippen LogP contribution in [0.3, 0.4) is 0 Å². The number of hydrogen-bond donors (Lipinski definition) is 1. The van der Waals surface area contributed by atoms with Crippen molar-refractivity contribution >= 4 is 15.9 Å². The van der Waals surface area contributed by atoms with Crippen LogP contribution in [0.5, 0.6) is 0 Å². The molecule has 1 aliphatic heterocycles. The van der Waals surface area contributed by atoms with Crippen LogP contribution in [0, 0.1) is 24.4 Å². The lowest BCUT2D eigenvalue weighted by Gasteiger charge is -2.28. The van der Waals surface area contributed by atoms with Crippen molar-refractivity contribution in [1.29, 1.82) is 0 Å². The van der Waals surface area contributed by atoms with Crippen LogP contribution >= 0.6 is 0 Å². The molecule has 1 aliphatic rings. The van der Waals surface area contributed by atoms with Crippen molar-refractivity contribution < 1.29 is 26.4 Å². The Balaban J connectivity index is 1.71. The zero-order chi connectivity index (χ0) is 22.1. The first-order valence-electron chi connectivity index (χ1n) is 9.38. The van der Waals surface area contributed by atoms with Crippen molar-refractivity contribution in [3.8, 4) is 0 Å². The highest BCUT2D eigenvalue weighted by Gasteiger charge is 2.37. The number of carbonyl (C=O) groups excluding carboxylic acids is 1. The Morgan fingerprint density at radius 3 is 2.37 bits per heavy atom. The summed E-state index contributed by atoms with van der Waals surface area (Å²) in [6.45, 7) is 2.18. The van der Waals surface area contributed by atoms with E-state index in [0.29, 0.717) is 18.6 Å². The van der Waals surface area contributed by atoms with E-state index in [1.807, 2.05) is 6.92 Å². The van der Waals surface area contributed by atoms with Crippen LogP contribution in [0.2, 0.25) is 0 Å². The number of hydrogen-bond acceptors (Lipinski definition) is 4. The van der Waals surface area contributed by atoms with Gasteiger partial charge in [0.15, 0.2) is 11.6 Å². The van der Waals surface area contributed by atoms with Crippen molar-refractivity contribution in [3.05, 3.63) is 65.0 Å². The predicted molar refractivity (Wildman–Crippen MR) is 104 cm³/mol. The van der Waals surface area contributed by atoms with E-state index >= 15 is 0 Å². The number of carbonyl (C=O) groups is 1. The van der Waals surface area contributed by atoms with Gasteiger partial charge in [0, 0.05) is 31.6 Å². The maximum absolute atomic E-state index is 13.8. The summed E-state index contributed by atoms with van der Waals surface area (Å²) in [6.07, 6.45) is -0.0183. The molecule has 2 aromatic carbocycles. The molecule has 0 aliphatic carbocycles. The van der Waals surface area contributed by atoms with Gasteiger partial charge in [-0.25, -0.2) is 21.6 Å². The van der Waals surface area contributed by atoms with Crippen LogP contribution in [0.4, 0.5) is 13.2 Å². The molecule has 1 atom stereocenters. The highest BCUT2D eigenvalue weighted by atomic mass is 32.2. The van der Waals surface area contributed by atoms with Gasteiger partial charge >= 0.3 is 0 Å². The molecule has 3 rings (SSSR count). The Morgan fingerprint density at radius 1 is 1.07 bits per heavy atom. The van der Waals surface area contributed by atoms with Gasteiger partial charge in [0.1, 0.15) is 5.82 Å². The zero-order valence-electron chi connectivity index (χ0n) is 16.3. The van der Waals surface area contributed by atoms with E-state index < -0.39 is 39.4 Å². The lowest BCUT2D eigenvalue weighted by Crippen LogP contribution is -2.46. The molecule has 1 amide bonds. The quantitative estimate of drug-likeness (QED) is 0.699. The van der Waals surface area contributed by atoms with Crippen molar-refractivity contribution in [3.63, 3.8) is 0 Å². The average Bonchev–Trinajstić information content (AvgIpc) is 3.17. The van der Waals surface area contributed by atoms with Crippen molar-refractivity contribution in [1.82, 2.24) is 9.42 Å². The fraction of sp³-hybridized carbons (Fsp3) is 0.350. The maximum Gasteiger partial charge on any atom is 0.260 e. The van der Waals surface area contributed by atoms with E-state index in [9.17, 15) is 26.4 Å². The fourth-order valence-electron chi connectivity index (χ4n) is 3.32. The summed E-state index contributed by atoms with van der Waals surface area (Å²) in [7, 11) is -3.92. The molecule has 2 aromatic rings. The van der Waals surface area contributed by atoms with Gasteiger partial charge in [0.25, 0.3) is 10.0 Å². The second-order valence-corrected chi connectivity index (χ2v) is 9.10. The van der Waals surface area contributed by atoms with Crippen molar-refractivity contribution in [2.45, 2.75) is 37.1 Å². The van der Waals surface area contributed by atoms with E-state index in [-0.39, 0.29) is 36.4 Å². The van der Waals surface area contributed by atoms with Crippen molar-refractivity contribution in [2.24, 2.45) is 5.73 Å². The number of aryl methyl sites for hydroxylation is 1. The van der Waals surface area contributed by atoms with E-state index in [0.717, 1.165) is 15.0 Å². The third kappa shape index (κ3) is 4.66. The minimum absolute atomic E-state index is 0.0703. The number of sulfonamides is 1. The summed E-state index contributed by atoms with van der Waals surface area (Å²) in [5.74, 6) is -4.02. The van der Waals surface area contributed by atoms with E-state index in [4.69, 9.17) is 5.73 Å². The largest absolute Gasteiger partial charge is 0.327 e. The number of hydrazine groups is 1. The lowest BCUT2D eigenvalue weighted by molar-refractivity contribution is -0.138. The second kappa shape index (κ2) is 8.75. The molecule has 6 nitrogen and oxygen atoms in total. The third-order valence-electron chi connectivity index (χ3n) is 4.88. The Morgan fingerprint density at radius 2 is 1.70 bits per heavy atom. The van der Waals surface area contributed by atoms with Crippen LogP contribution in [0.25, 0.3) is 0 Å². The zero-order valence-corrected chi connectivity index (χ0v) is 17.1. The number of rotatable bonds is 6. The molecule has 1 heterocycles. The Bertz CT molecular complexity index is 1050. The highest BCUT2D eigenvalue weighted by molar-refractivity contribution is 7.89. The maximum atomic E-state index is 13.8. The molecule has 0 saturated carbocycles. The summed E-state index contributed by atoms with van der Waals surface area (Å²) in [5, 5.41) is 1.12. The predicted octanol–water partition coefficient (Wildman–Crippen LogP) is 2.51. The molecule has 162 valence electrons. The number of nitrogens with zero attached hydrogens (tertiary/aromatic N) is 2. The minimum atomic E-state index is -3.92. The molecule has 10 heteroatoms. The summed E-state index contributed by atoms with van der Waals surface area (Å²) >= 11 is 0. The average molecular weight is 441 g/mol. The summed E-state index contributed by atoms with van der Waals surface area (Å²) in [5.41, 5.74) is 6.66. The Labute approximate surface area is 173 Å². The first-order valence-corrected chi connectivity index (χ1v) is 10.8. The molecule has 0 spiro atoms. The van der Waals surface area contributed by atoms with Crippen molar-refractivity contribution in [2.75, 3.05) is 13.1 Å². The molecular weight excluding hydrogens is 419 g/mol. The van der Waals surface area contributed by atoms with Crippen LogP contribution in [-0.2, 0) is 21.2 Å². The molecule has 1 unspecified atom stereocenters. The minimum Gasteiger partial charge on any atom is -0.327 e. The van der Waals surface area contributed by atoms with Crippen LogP contribution in [0.1, 0.15) is 24.0 Å². The molecule has 1 saturated heterocycles. The normalized spacial score (nSPS) is 16.1. The molecule has 0 bridgehead atoms. The number of benzene rings is 2. The van der Waals surface area contributed by atoms with Crippen LogP contribution in [0.15, 0.2) is 41.3 Å². The van der Waals surface area contributed by atoms with Gasteiger partial charge in [0.05, 0.1) is 4.90 Å². The monoisotopic (exact) mass is 441 g/mol. The summed E-state index contributed by atoms with van der Waals surface area (Å²) < 4.78 is 67.1. The molecule has 2 N–H and O–H groups in total. The van der Waals surface area contributed by atoms with Gasteiger partial charge in [-0.2, -0.15) is 0 Å². The van der Waals surface area contributed by atoms with Crippen LogP contribution in [-0.4, -0.2) is 42.9 Å². The first kappa shape index (κ1) is 22.3. The number of amides is 1. The first-order chi connectivity index (χ1) is 14.1. The standard InChI is InChI=1S/C20H22F3N3O3S/c1-13-3-5-16(6-4-13)30(28,29)26-8-2-7-25(26)20(27)11-15(24)9-14-10-18(22)19(23)12-17(14)21/h3-6,10,12,15H,2,7-9,11,24H2,1H3.